The van der Waals surface area contributed by atoms with Crippen molar-refractivity contribution < 1.29 is 13.2 Å². The monoisotopic (exact) mass is 436 g/mol. The van der Waals surface area contributed by atoms with Crippen LogP contribution in [0.5, 0.6) is 0 Å². The first-order chi connectivity index (χ1) is 15.4. The van der Waals surface area contributed by atoms with E-state index < -0.39 is 11.7 Å². The zero-order chi connectivity index (χ0) is 22.3. The number of hydrogen-bond donors (Lipinski definition) is 2. The van der Waals surface area contributed by atoms with Crippen molar-refractivity contribution in [2.24, 2.45) is 0 Å². The van der Waals surface area contributed by atoms with Crippen molar-refractivity contribution in [2.45, 2.75) is 19.0 Å². The highest BCUT2D eigenvalue weighted by Gasteiger charge is 2.30. The molecule has 4 heterocycles. The van der Waals surface area contributed by atoms with Crippen LogP contribution in [-0.2, 0) is 6.18 Å². The Balaban J connectivity index is 1.57. The summed E-state index contributed by atoms with van der Waals surface area (Å²) in [5.74, 6) is 1.32. The van der Waals surface area contributed by atoms with Crippen molar-refractivity contribution in [2.75, 3.05) is 18.4 Å². The first-order valence-electron chi connectivity index (χ1n) is 10.1. The number of aromatic nitrogens is 4. The van der Waals surface area contributed by atoms with Crippen LogP contribution in [0.25, 0.3) is 22.4 Å². The zero-order valence-electron chi connectivity index (χ0n) is 17.1. The third-order valence-electron chi connectivity index (χ3n) is 5.45. The maximum Gasteiger partial charge on any atom is 0.416 e. The van der Waals surface area contributed by atoms with E-state index in [1.165, 1.54) is 12.1 Å². The summed E-state index contributed by atoms with van der Waals surface area (Å²) in [6.45, 7) is 3.51. The molecule has 162 valence electrons. The fraction of sp³-hybridized carbons (Fsp3) is 0.217. The number of rotatable bonds is 4. The molecule has 6 nitrogen and oxygen atoms in total. The highest BCUT2D eigenvalue weighted by molar-refractivity contribution is 5.90. The van der Waals surface area contributed by atoms with Crippen LogP contribution < -0.4 is 10.6 Å². The second kappa shape index (κ2) is 7.83. The van der Waals surface area contributed by atoms with E-state index in [1.807, 2.05) is 31.2 Å². The van der Waals surface area contributed by atoms with Crippen molar-refractivity contribution in [3.63, 3.8) is 0 Å². The lowest BCUT2D eigenvalue weighted by Crippen LogP contribution is -2.40. The number of hydrogen-bond acceptors (Lipinski definition) is 6. The molecule has 0 bridgehead atoms. The lowest BCUT2D eigenvalue weighted by molar-refractivity contribution is -0.137. The van der Waals surface area contributed by atoms with Gasteiger partial charge < -0.3 is 10.6 Å². The van der Waals surface area contributed by atoms with Gasteiger partial charge in [-0.25, -0.2) is 15.0 Å². The Labute approximate surface area is 182 Å². The van der Waals surface area contributed by atoms with Gasteiger partial charge in [-0.3, -0.25) is 4.98 Å². The first kappa shape index (κ1) is 20.3. The Bertz CT molecular complexity index is 1280. The molecular weight excluding hydrogens is 417 g/mol. The number of halogens is 3. The van der Waals surface area contributed by atoms with E-state index in [1.54, 1.807) is 6.20 Å². The number of aryl methyl sites for hydroxylation is 1. The Morgan fingerprint density at radius 3 is 2.41 bits per heavy atom. The highest BCUT2D eigenvalue weighted by Crippen LogP contribution is 2.32. The van der Waals surface area contributed by atoms with Crippen molar-refractivity contribution >= 4 is 22.5 Å². The lowest BCUT2D eigenvalue weighted by Gasteiger charge is -2.26. The Morgan fingerprint density at radius 2 is 1.75 bits per heavy atom. The number of nitrogens with zero attached hydrogens (tertiary/aromatic N) is 4. The standard InChI is InChI=1S/C23H19F3N6/c1-13-3-2-10-28-19(13)18-9-8-17-21(29-16-6-4-15(5-7-16)23(24,25)26)31-20(14-11-27-12-14)32-22(17)30-18/h2-10,14,27H,11-12H2,1H3,(H,29,30,31,32). The molecule has 32 heavy (non-hydrogen) atoms. The smallest absolute Gasteiger partial charge is 0.340 e. The van der Waals surface area contributed by atoms with E-state index in [4.69, 9.17) is 4.98 Å². The predicted octanol–water partition coefficient (Wildman–Crippen LogP) is 4.84. The predicted molar refractivity (Wildman–Crippen MR) is 116 cm³/mol. The average Bonchev–Trinajstić information content (AvgIpc) is 2.72. The molecule has 1 fully saturated rings. The summed E-state index contributed by atoms with van der Waals surface area (Å²) in [6.07, 6.45) is -2.66. The second-order valence-corrected chi connectivity index (χ2v) is 7.72. The summed E-state index contributed by atoms with van der Waals surface area (Å²) in [6, 6.07) is 12.4. The van der Waals surface area contributed by atoms with Crippen LogP contribution >= 0.6 is 0 Å². The lowest BCUT2D eigenvalue weighted by atomic mass is 10.0. The van der Waals surface area contributed by atoms with Gasteiger partial charge in [-0.15, -0.1) is 0 Å². The van der Waals surface area contributed by atoms with Crippen LogP contribution in [0.3, 0.4) is 0 Å². The van der Waals surface area contributed by atoms with Gasteiger partial charge in [-0.1, -0.05) is 6.07 Å². The largest absolute Gasteiger partial charge is 0.416 e. The number of alkyl halides is 3. The van der Waals surface area contributed by atoms with E-state index in [0.717, 1.165) is 36.5 Å². The van der Waals surface area contributed by atoms with Gasteiger partial charge in [0.25, 0.3) is 0 Å². The van der Waals surface area contributed by atoms with Crippen LogP contribution in [0.4, 0.5) is 24.7 Å². The summed E-state index contributed by atoms with van der Waals surface area (Å²) in [5.41, 5.74) is 2.79. The van der Waals surface area contributed by atoms with Gasteiger partial charge in [0.2, 0.25) is 0 Å². The number of pyridine rings is 2. The van der Waals surface area contributed by atoms with Crippen molar-refractivity contribution in [1.29, 1.82) is 0 Å². The quantitative estimate of drug-likeness (QED) is 0.477. The normalized spacial score (nSPS) is 14.4. The van der Waals surface area contributed by atoms with Gasteiger partial charge in [0.05, 0.1) is 22.3 Å². The Kier molecular flexibility index (Phi) is 4.97. The van der Waals surface area contributed by atoms with Crippen molar-refractivity contribution in [1.82, 2.24) is 25.3 Å². The molecule has 1 saturated heterocycles. The van der Waals surface area contributed by atoms with Crippen LogP contribution in [0.1, 0.15) is 22.9 Å². The van der Waals surface area contributed by atoms with Gasteiger partial charge in [0.15, 0.2) is 5.65 Å². The van der Waals surface area contributed by atoms with Crippen LogP contribution in [0, 0.1) is 6.92 Å². The van der Waals surface area contributed by atoms with Gasteiger partial charge in [-0.2, -0.15) is 13.2 Å². The minimum Gasteiger partial charge on any atom is -0.340 e. The van der Waals surface area contributed by atoms with E-state index >= 15 is 0 Å². The number of fused-ring (bicyclic) bond motifs is 1. The molecule has 0 radical (unpaired) electrons. The first-order valence-corrected chi connectivity index (χ1v) is 10.1. The molecule has 5 rings (SSSR count). The molecule has 0 spiro atoms. The van der Waals surface area contributed by atoms with E-state index in [-0.39, 0.29) is 5.92 Å². The van der Waals surface area contributed by atoms with Gasteiger partial charge in [-0.05, 0) is 55.0 Å². The number of benzene rings is 1. The van der Waals surface area contributed by atoms with Gasteiger partial charge in [0.1, 0.15) is 11.6 Å². The molecule has 0 aliphatic carbocycles. The summed E-state index contributed by atoms with van der Waals surface area (Å²) in [5, 5.41) is 7.03. The maximum absolute atomic E-state index is 12.9. The molecule has 3 aromatic heterocycles. The third-order valence-corrected chi connectivity index (χ3v) is 5.45. The van der Waals surface area contributed by atoms with Crippen molar-refractivity contribution in [3.05, 3.63) is 71.7 Å². The minimum atomic E-state index is -4.38. The molecule has 0 amide bonds. The second-order valence-electron chi connectivity index (χ2n) is 7.72. The maximum atomic E-state index is 12.9. The van der Waals surface area contributed by atoms with Crippen LogP contribution in [0.2, 0.25) is 0 Å². The molecule has 1 aliphatic rings. The fourth-order valence-corrected chi connectivity index (χ4v) is 3.54. The van der Waals surface area contributed by atoms with E-state index in [0.29, 0.717) is 34.1 Å². The highest BCUT2D eigenvalue weighted by atomic mass is 19.4. The zero-order valence-corrected chi connectivity index (χ0v) is 17.1. The van der Waals surface area contributed by atoms with Crippen LogP contribution in [0.15, 0.2) is 54.7 Å². The minimum absolute atomic E-state index is 0.162. The molecule has 4 aromatic rings. The summed E-state index contributed by atoms with van der Waals surface area (Å²) < 4.78 is 38.7. The number of anilines is 2. The van der Waals surface area contributed by atoms with Crippen molar-refractivity contribution in [3.8, 4) is 11.4 Å². The molecule has 1 aromatic carbocycles. The van der Waals surface area contributed by atoms with Gasteiger partial charge in [0, 0.05) is 30.9 Å². The Morgan fingerprint density at radius 1 is 0.969 bits per heavy atom. The van der Waals surface area contributed by atoms with Gasteiger partial charge >= 0.3 is 6.18 Å². The SMILES string of the molecule is Cc1cccnc1-c1ccc2c(Nc3ccc(C(F)(F)F)cc3)nc(C3CNC3)nc2n1. The van der Waals surface area contributed by atoms with E-state index in [2.05, 4.69) is 25.6 Å². The molecule has 9 heteroatoms. The molecule has 0 unspecified atom stereocenters. The molecular formula is C23H19F3N6. The topological polar surface area (TPSA) is 75.6 Å². The average molecular weight is 436 g/mol. The fourth-order valence-electron chi connectivity index (χ4n) is 3.54. The third kappa shape index (κ3) is 3.87. The van der Waals surface area contributed by atoms with E-state index in [9.17, 15) is 13.2 Å². The molecule has 1 aliphatic heterocycles. The van der Waals surface area contributed by atoms with Crippen LogP contribution in [-0.4, -0.2) is 33.0 Å². The molecule has 0 atom stereocenters. The summed E-state index contributed by atoms with van der Waals surface area (Å²) in [7, 11) is 0. The Hall–Kier alpha value is -3.59. The summed E-state index contributed by atoms with van der Waals surface area (Å²) in [4.78, 5) is 18.5. The molecule has 2 N–H and O–H groups in total. The summed E-state index contributed by atoms with van der Waals surface area (Å²) >= 11 is 0. The number of nitrogens with one attached hydrogen (secondary N) is 2. The molecule has 0 saturated carbocycles.